The number of nitrogens with zero attached hydrogens (tertiary/aromatic N) is 3. The Morgan fingerprint density at radius 2 is 2.00 bits per heavy atom. The molecule has 0 aliphatic carbocycles. The second kappa shape index (κ2) is 8.40. The molecule has 1 aromatic carbocycles. The Morgan fingerprint density at radius 3 is 2.75 bits per heavy atom. The number of aromatic hydroxyl groups is 1. The Balaban J connectivity index is 1.45. The van der Waals surface area contributed by atoms with E-state index < -0.39 is 11.6 Å². The van der Waals surface area contributed by atoms with E-state index in [1.165, 1.54) is 0 Å². The van der Waals surface area contributed by atoms with Crippen LogP contribution < -0.4 is 5.56 Å². The minimum atomic E-state index is -1.85. The van der Waals surface area contributed by atoms with Gasteiger partial charge >= 0.3 is 5.97 Å². The first kappa shape index (κ1) is 23.1. The van der Waals surface area contributed by atoms with Gasteiger partial charge < -0.3 is 24.3 Å². The van der Waals surface area contributed by atoms with Gasteiger partial charge in [-0.1, -0.05) is 6.92 Å². The fourth-order valence-corrected chi connectivity index (χ4v) is 5.77. The van der Waals surface area contributed by atoms with Gasteiger partial charge in [0.15, 0.2) is 5.60 Å². The highest BCUT2D eigenvalue weighted by atomic mass is 16.6. The van der Waals surface area contributed by atoms with Crippen LogP contribution >= 0.6 is 0 Å². The number of ether oxygens (including phenoxy) is 2. The molecule has 2 aromatic heterocycles. The minimum absolute atomic E-state index is 0.100. The number of pyridine rings is 2. The van der Waals surface area contributed by atoms with Crippen molar-refractivity contribution in [2.24, 2.45) is 0 Å². The molecule has 2 N–H and O–H groups in total. The zero-order valence-electron chi connectivity index (χ0n) is 20.4. The van der Waals surface area contributed by atoms with Crippen molar-refractivity contribution in [2.75, 3.05) is 20.3 Å². The Bertz CT molecular complexity index is 1460. The molecule has 3 aliphatic heterocycles. The maximum Gasteiger partial charge on any atom is 0.343 e. The molecule has 0 spiro atoms. The van der Waals surface area contributed by atoms with Gasteiger partial charge in [0.1, 0.15) is 12.4 Å². The van der Waals surface area contributed by atoms with Crippen molar-refractivity contribution in [1.29, 1.82) is 0 Å². The Morgan fingerprint density at radius 1 is 1.22 bits per heavy atom. The molecule has 1 saturated heterocycles. The highest BCUT2D eigenvalue weighted by molar-refractivity contribution is 5.89. The standard InChI is InChI=1S/C27H29N3O6/c1-3-27(34)20-11-22-24-15(12-30(22)25(32)19(20)14-36-26(27)33)10-17-18(23(31)5-4-21(17)28-24)13-29(2)16-6-8-35-9-7-16/h4-5,10-11,16,31,34H,3,6-9,12-14H2,1-2H3. The second-order valence-electron chi connectivity index (χ2n) is 9.99. The number of aromatic nitrogens is 2. The summed E-state index contributed by atoms with van der Waals surface area (Å²) in [6.07, 6.45) is 2.01. The van der Waals surface area contributed by atoms with Gasteiger partial charge in [-0.05, 0) is 50.6 Å². The number of phenols is 1. The topological polar surface area (TPSA) is 114 Å². The van der Waals surface area contributed by atoms with Crippen LogP contribution in [0, 0.1) is 0 Å². The lowest BCUT2D eigenvalue weighted by Gasteiger charge is -2.31. The van der Waals surface area contributed by atoms with Crippen molar-refractivity contribution in [3.8, 4) is 17.1 Å². The van der Waals surface area contributed by atoms with Crippen LogP contribution in [0.5, 0.6) is 5.75 Å². The van der Waals surface area contributed by atoms with Gasteiger partial charge in [-0.2, -0.15) is 0 Å². The van der Waals surface area contributed by atoms with E-state index in [4.69, 9.17) is 14.5 Å². The van der Waals surface area contributed by atoms with E-state index in [-0.39, 0.29) is 24.3 Å². The molecule has 36 heavy (non-hydrogen) atoms. The largest absolute Gasteiger partial charge is 0.508 e. The van der Waals surface area contributed by atoms with E-state index >= 15 is 0 Å². The molecule has 0 saturated carbocycles. The van der Waals surface area contributed by atoms with Gasteiger partial charge in [0.05, 0.1) is 29.0 Å². The molecule has 5 heterocycles. The molecule has 3 aliphatic rings. The molecule has 0 bridgehead atoms. The number of esters is 1. The van der Waals surface area contributed by atoms with Crippen LogP contribution in [0.3, 0.4) is 0 Å². The normalized spacial score (nSPS) is 21.4. The summed E-state index contributed by atoms with van der Waals surface area (Å²) >= 11 is 0. The van der Waals surface area contributed by atoms with Gasteiger partial charge in [-0.15, -0.1) is 0 Å². The molecule has 9 heteroatoms. The van der Waals surface area contributed by atoms with Crippen molar-refractivity contribution < 1.29 is 24.5 Å². The molecule has 1 unspecified atom stereocenters. The van der Waals surface area contributed by atoms with Crippen molar-refractivity contribution in [2.45, 2.75) is 57.5 Å². The smallest absolute Gasteiger partial charge is 0.343 e. The van der Waals surface area contributed by atoms with Crippen LogP contribution in [-0.4, -0.2) is 56.9 Å². The first-order valence-corrected chi connectivity index (χ1v) is 12.4. The first-order chi connectivity index (χ1) is 17.3. The SMILES string of the molecule is CCC1(O)C(=O)OCc2c1cc1n(c2=O)Cc2cc3c(CN(C)C4CCOCC4)c(O)ccc3nc2-1. The molecule has 9 nitrogen and oxygen atoms in total. The zero-order chi connectivity index (χ0) is 25.2. The van der Waals surface area contributed by atoms with Gasteiger partial charge in [-0.3, -0.25) is 9.69 Å². The van der Waals surface area contributed by atoms with E-state index in [1.807, 2.05) is 6.07 Å². The number of aliphatic hydroxyl groups is 1. The van der Waals surface area contributed by atoms with Crippen LogP contribution in [0.25, 0.3) is 22.3 Å². The van der Waals surface area contributed by atoms with Crippen LogP contribution in [0.4, 0.5) is 0 Å². The lowest BCUT2D eigenvalue weighted by atomic mass is 9.86. The van der Waals surface area contributed by atoms with Crippen molar-refractivity contribution >= 4 is 16.9 Å². The van der Waals surface area contributed by atoms with Crippen LogP contribution in [-0.2, 0) is 39.6 Å². The predicted molar refractivity (Wildman–Crippen MR) is 131 cm³/mol. The third-order valence-corrected chi connectivity index (χ3v) is 8.00. The number of fused-ring (bicyclic) bond motifs is 5. The summed E-state index contributed by atoms with van der Waals surface area (Å²) in [7, 11) is 2.06. The highest BCUT2D eigenvalue weighted by Gasteiger charge is 2.45. The Kier molecular flexibility index (Phi) is 5.40. The maximum atomic E-state index is 13.4. The zero-order valence-corrected chi connectivity index (χ0v) is 20.4. The number of benzene rings is 1. The number of hydrogen-bond acceptors (Lipinski definition) is 8. The second-order valence-corrected chi connectivity index (χ2v) is 9.99. The fourth-order valence-electron chi connectivity index (χ4n) is 5.77. The van der Waals surface area contributed by atoms with Gasteiger partial charge in [0.2, 0.25) is 0 Å². The third kappa shape index (κ3) is 3.37. The number of carbonyl (C=O) groups is 1. The summed E-state index contributed by atoms with van der Waals surface area (Å²) in [5, 5.41) is 22.7. The average molecular weight is 492 g/mol. The van der Waals surface area contributed by atoms with Crippen molar-refractivity contribution in [3.63, 3.8) is 0 Å². The minimum Gasteiger partial charge on any atom is -0.508 e. The average Bonchev–Trinajstić information content (AvgIpc) is 3.25. The summed E-state index contributed by atoms with van der Waals surface area (Å²) in [6, 6.07) is 7.54. The number of carbonyl (C=O) groups excluding carboxylic acids is 1. The highest BCUT2D eigenvalue weighted by Crippen LogP contribution is 2.39. The van der Waals surface area contributed by atoms with Gasteiger partial charge in [0, 0.05) is 47.9 Å². The molecule has 0 amide bonds. The number of cyclic esters (lactones) is 1. The molecule has 1 fully saturated rings. The Labute approximate surface area is 207 Å². The van der Waals surface area contributed by atoms with Crippen LogP contribution in [0.1, 0.15) is 48.4 Å². The van der Waals surface area contributed by atoms with Crippen LogP contribution in [0.2, 0.25) is 0 Å². The number of rotatable bonds is 4. The van der Waals surface area contributed by atoms with E-state index in [0.29, 0.717) is 47.2 Å². The maximum absolute atomic E-state index is 13.4. The van der Waals surface area contributed by atoms with E-state index in [0.717, 1.165) is 42.6 Å². The first-order valence-electron chi connectivity index (χ1n) is 12.4. The molecule has 3 aromatic rings. The summed E-state index contributed by atoms with van der Waals surface area (Å²) in [5.41, 5.74) is 2.06. The van der Waals surface area contributed by atoms with Crippen molar-refractivity contribution in [3.05, 3.63) is 56.9 Å². The fraction of sp³-hybridized carbons (Fsp3) is 0.444. The van der Waals surface area contributed by atoms with E-state index in [1.54, 1.807) is 29.7 Å². The third-order valence-electron chi connectivity index (χ3n) is 8.00. The number of hydrogen-bond donors (Lipinski definition) is 2. The number of phenolic OH excluding ortho intramolecular Hbond substituents is 1. The molecule has 6 rings (SSSR count). The van der Waals surface area contributed by atoms with Crippen LogP contribution in [0.15, 0.2) is 29.1 Å². The van der Waals surface area contributed by atoms with Gasteiger partial charge in [-0.25, -0.2) is 9.78 Å². The molecule has 0 radical (unpaired) electrons. The molecule has 1 atom stereocenters. The summed E-state index contributed by atoms with van der Waals surface area (Å²) in [4.78, 5) is 32.9. The monoisotopic (exact) mass is 491 g/mol. The predicted octanol–water partition coefficient (Wildman–Crippen LogP) is 2.40. The van der Waals surface area contributed by atoms with Crippen molar-refractivity contribution in [1.82, 2.24) is 14.5 Å². The lowest BCUT2D eigenvalue weighted by Crippen LogP contribution is -2.44. The quantitative estimate of drug-likeness (QED) is 0.419. The summed E-state index contributed by atoms with van der Waals surface area (Å²) in [5.74, 6) is -0.518. The van der Waals surface area contributed by atoms with Gasteiger partial charge in [0.25, 0.3) is 5.56 Å². The molecular formula is C27H29N3O6. The Hall–Kier alpha value is -3.27. The van der Waals surface area contributed by atoms with E-state index in [2.05, 4.69) is 11.9 Å². The molecular weight excluding hydrogens is 462 g/mol. The lowest BCUT2D eigenvalue weighted by molar-refractivity contribution is -0.172. The molecule has 188 valence electrons. The summed E-state index contributed by atoms with van der Waals surface area (Å²) in [6.45, 7) is 3.91. The van der Waals surface area contributed by atoms with E-state index in [9.17, 15) is 19.8 Å². The summed E-state index contributed by atoms with van der Waals surface area (Å²) < 4.78 is 12.3.